The van der Waals surface area contributed by atoms with Crippen LogP contribution >= 0.6 is 0 Å². The van der Waals surface area contributed by atoms with E-state index in [2.05, 4.69) is 15.6 Å². The van der Waals surface area contributed by atoms with Gasteiger partial charge in [-0.2, -0.15) is 5.26 Å². The number of nitriles is 1. The third-order valence-corrected chi connectivity index (χ3v) is 5.22. The second-order valence-corrected chi connectivity index (χ2v) is 7.41. The third kappa shape index (κ3) is 4.55. The van der Waals surface area contributed by atoms with Crippen LogP contribution in [0.15, 0.2) is 89.4 Å². The average molecular weight is 438 g/mol. The molecule has 1 heterocycles. The fourth-order valence-electron chi connectivity index (χ4n) is 3.50. The lowest BCUT2D eigenvalue weighted by atomic mass is 10.0. The molecule has 162 valence electrons. The summed E-state index contributed by atoms with van der Waals surface area (Å²) in [6, 6.07) is 23.1. The molecule has 7 heteroatoms. The van der Waals surface area contributed by atoms with E-state index >= 15 is 0 Å². The Bertz CT molecular complexity index is 1320. The predicted octanol–water partition coefficient (Wildman–Crippen LogP) is 4.13. The molecule has 2 N–H and O–H groups in total. The molecule has 1 atom stereocenters. The maximum atomic E-state index is 13.2. The van der Waals surface area contributed by atoms with E-state index in [1.165, 1.54) is 24.3 Å². The Morgan fingerprint density at radius 2 is 1.58 bits per heavy atom. The Morgan fingerprint density at radius 1 is 0.939 bits per heavy atom. The normalized spacial score (nSPS) is 14.4. The Kier molecular flexibility index (Phi) is 6.09. The number of carbonyl (C=O) groups is 2. The summed E-state index contributed by atoms with van der Waals surface area (Å²) >= 11 is 0. The van der Waals surface area contributed by atoms with E-state index in [0.29, 0.717) is 11.1 Å². The Morgan fingerprint density at radius 3 is 2.24 bits per heavy atom. The monoisotopic (exact) mass is 438 g/mol. The summed E-state index contributed by atoms with van der Waals surface area (Å²) < 4.78 is 13.2. The van der Waals surface area contributed by atoms with E-state index in [1.807, 2.05) is 43.3 Å². The summed E-state index contributed by atoms with van der Waals surface area (Å²) in [5, 5.41) is 15.3. The largest absolute Gasteiger partial charge is 0.345 e. The van der Waals surface area contributed by atoms with Gasteiger partial charge in [0, 0.05) is 16.7 Å². The van der Waals surface area contributed by atoms with Crippen LogP contribution in [0.5, 0.6) is 0 Å². The van der Waals surface area contributed by atoms with Crippen LogP contribution in [-0.4, -0.2) is 17.6 Å². The van der Waals surface area contributed by atoms with Gasteiger partial charge in [0.25, 0.3) is 11.8 Å². The Balaban J connectivity index is 1.65. The molecule has 0 aliphatic carbocycles. The number of carbonyl (C=O) groups excluding carboxylic acids is 2. The molecular weight excluding hydrogens is 419 g/mol. The van der Waals surface area contributed by atoms with Gasteiger partial charge in [-0.25, -0.2) is 9.38 Å². The number of rotatable bonds is 4. The van der Waals surface area contributed by atoms with E-state index in [-0.39, 0.29) is 28.7 Å². The van der Waals surface area contributed by atoms with Gasteiger partial charge in [-0.1, -0.05) is 54.6 Å². The van der Waals surface area contributed by atoms with E-state index in [9.17, 15) is 19.2 Å². The summed E-state index contributed by atoms with van der Waals surface area (Å²) in [6.45, 7) is 1.83. The number of nitrogens with one attached hydrogen (secondary N) is 2. The van der Waals surface area contributed by atoms with Crippen molar-refractivity contribution in [3.8, 4) is 6.07 Å². The number of hydrogen-bond acceptors (Lipinski definition) is 4. The van der Waals surface area contributed by atoms with Gasteiger partial charge in [-0.05, 0) is 36.8 Å². The van der Waals surface area contributed by atoms with Crippen LogP contribution in [0, 0.1) is 17.1 Å². The van der Waals surface area contributed by atoms with Crippen molar-refractivity contribution in [1.82, 2.24) is 10.6 Å². The quantitative estimate of drug-likeness (QED) is 0.474. The minimum Gasteiger partial charge on any atom is -0.345 e. The molecule has 0 bridgehead atoms. The van der Waals surface area contributed by atoms with Crippen molar-refractivity contribution >= 4 is 23.3 Å². The van der Waals surface area contributed by atoms with Crippen LogP contribution in [0.4, 0.5) is 4.39 Å². The summed E-state index contributed by atoms with van der Waals surface area (Å²) in [7, 11) is 0. The lowest BCUT2D eigenvalue weighted by Crippen LogP contribution is -2.30. The molecule has 6 nitrogen and oxygen atoms in total. The van der Waals surface area contributed by atoms with Crippen LogP contribution < -0.4 is 10.6 Å². The smallest absolute Gasteiger partial charge is 0.264 e. The fraction of sp³-hybridized carbons (Fsp3) is 0.0769. The lowest BCUT2D eigenvalue weighted by molar-refractivity contribution is -0.117. The molecule has 1 aliphatic heterocycles. The standard InChI is InChI=1S/C26H19FN4O2/c1-16(17-7-3-2-4-8-17)29-26(33)22(15-28)23-20-9-5-6-10-21(20)24(30-23)31-25(32)18-11-13-19(27)14-12-18/h2-14,16H,1H3,(H,29,33)(H,30,31,32)/b23-22-/t16-/m0/s1. The van der Waals surface area contributed by atoms with Gasteiger partial charge in [0.15, 0.2) is 0 Å². The minimum atomic E-state index is -0.562. The highest BCUT2D eigenvalue weighted by atomic mass is 19.1. The number of aliphatic imine (C=N–C) groups is 1. The number of amidine groups is 1. The van der Waals surface area contributed by atoms with Crippen molar-refractivity contribution in [1.29, 1.82) is 5.26 Å². The maximum Gasteiger partial charge on any atom is 0.264 e. The predicted molar refractivity (Wildman–Crippen MR) is 122 cm³/mol. The van der Waals surface area contributed by atoms with Crippen molar-refractivity contribution in [2.45, 2.75) is 13.0 Å². The number of fused-ring (bicyclic) bond motifs is 1. The van der Waals surface area contributed by atoms with Crippen molar-refractivity contribution in [2.75, 3.05) is 0 Å². The van der Waals surface area contributed by atoms with Gasteiger partial charge in [-0.3, -0.25) is 9.59 Å². The summed E-state index contributed by atoms with van der Waals surface area (Å²) in [5.74, 6) is -1.28. The topological polar surface area (TPSA) is 94.3 Å². The first kappa shape index (κ1) is 21.7. The van der Waals surface area contributed by atoms with Crippen molar-refractivity contribution in [3.05, 3.63) is 113 Å². The molecule has 4 rings (SSSR count). The Labute approximate surface area is 190 Å². The molecule has 0 spiro atoms. The summed E-state index contributed by atoms with van der Waals surface area (Å²) in [4.78, 5) is 30.0. The number of halogens is 1. The van der Waals surface area contributed by atoms with Crippen LogP contribution in [-0.2, 0) is 4.79 Å². The van der Waals surface area contributed by atoms with Gasteiger partial charge in [-0.15, -0.1) is 0 Å². The molecule has 3 aromatic carbocycles. The van der Waals surface area contributed by atoms with Crippen molar-refractivity contribution in [3.63, 3.8) is 0 Å². The highest BCUT2D eigenvalue weighted by Crippen LogP contribution is 2.31. The molecule has 33 heavy (non-hydrogen) atoms. The average Bonchev–Trinajstić information content (AvgIpc) is 3.18. The van der Waals surface area contributed by atoms with Crippen molar-refractivity contribution < 1.29 is 14.0 Å². The summed E-state index contributed by atoms with van der Waals surface area (Å²) in [5.41, 5.74) is 2.32. The molecule has 0 saturated heterocycles. The highest BCUT2D eigenvalue weighted by molar-refractivity contribution is 6.20. The second kappa shape index (κ2) is 9.28. The van der Waals surface area contributed by atoms with Crippen LogP contribution in [0.2, 0.25) is 0 Å². The SMILES string of the molecule is C[C@H](NC(=O)/C(C#N)=C1\N=C(NC(=O)c2ccc(F)cc2)c2ccccc21)c1ccccc1. The first-order valence-electron chi connectivity index (χ1n) is 10.2. The number of hydrogen-bond donors (Lipinski definition) is 2. The van der Waals surface area contributed by atoms with Gasteiger partial charge in [0.2, 0.25) is 0 Å². The van der Waals surface area contributed by atoms with Gasteiger partial charge in [0.05, 0.1) is 11.7 Å². The van der Waals surface area contributed by atoms with Crippen LogP contribution in [0.1, 0.15) is 40.0 Å². The van der Waals surface area contributed by atoms with Gasteiger partial charge < -0.3 is 10.6 Å². The maximum absolute atomic E-state index is 13.2. The molecule has 3 aromatic rings. The Hall–Kier alpha value is -4.57. The minimum absolute atomic E-state index is 0.156. The molecule has 1 aliphatic rings. The van der Waals surface area contributed by atoms with Crippen molar-refractivity contribution in [2.24, 2.45) is 4.99 Å². The zero-order valence-corrected chi connectivity index (χ0v) is 17.7. The second-order valence-electron chi connectivity index (χ2n) is 7.41. The van der Waals surface area contributed by atoms with E-state index in [4.69, 9.17) is 0 Å². The molecule has 2 amide bonds. The number of nitrogens with zero attached hydrogens (tertiary/aromatic N) is 2. The molecule has 0 aromatic heterocycles. The fourth-order valence-corrected chi connectivity index (χ4v) is 3.50. The van der Waals surface area contributed by atoms with E-state index in [1.54, 1.807) is 24.3 Å². The summed E-state index contributed by atoms with van der Waals surface area (Å²) in [6.07, 6.45) is 0. The van der Waals surface area contributed by atoms with Crippen LogP contribution in [0.3, 0.4) is 0 Å². The van der Waals surface area contributed by atoms with Gasteiger partial charge >= 0.3 is 0 Å². The van der Waals surface area contributed by atoms with Gasteiger partial charge in [0.1, 0.15) is 23.3 Å². The number of amides is 2. The molecular formula is C26H19FN4O2. The first-order chi connectivity index (χ1) is 16.0. The molecule has 0 unspecified atom stereocenters. The third-order valence-electron chi connectivity index (χ3n) is 5.22. The first-order valence-corrected chi connectivity index (χ1v) is 10.2. The number of benzene rings is 3. The van der Waals surface area contributed by atoms with E-state index in [0.717, 1.165) is 5.56 Å². The van der Waals surface area contributed by atoms with E-state index < -0.39 is 17.6 Å². The van der Waals surface area contributed by atoms with Crippen LogP contribution in [0.25, 0.3) is 5.70 Å². The zero-order valence-electron chi connectivity index (χ0n) is 17.7. The molecule has 0 radical (unpaired) electrons. The molecule has 0 saturated carbocycles. The zero-order chi connectivity index (χ0) is 23.4. The lowest BCUT2D eigenvalue weighted by Gasteiger charge is -2.14. The highest BCUT2D eigenvalue weighted by Gasteiger charge is 2.27. The molecule has 0 fully saturated rings.